The summed E-state index contributed by atoms with van der Waals surface area (Å²) in [6, 6.07) is 15.4. The maximum Gasteiger partial charge on any atom is 0.337 e. The van der Waals surface area contributed by atoms with E-state index < -0.39 is 31.6 Å². The van der Waals surface area contributed by atoms with Crippen molar-refractivity contribution in [2.45, 2.75) is 4.90 Å². The van der Waals surface area contributed by atoms with Gasteiger partial charge in [-0.3, -0.25) is 0 Å². The zero-order valence-corrected chi connectivity index (χ0v) is 16.5. The SMILES string of the molecule is COC(=O)c1ccc2c(c1)c1ccccc1[s+]2-c1ccc(S(F)(F)(F)(F)F)cc1. The number of fused-ring (bicyclic) bond motifs is 3. The van der Waals surface area contributed by atoms with Crippen LogP contribution in [0.4, 0.5) is 19.4 Å². The minimum absolute atomic E-state index is 0.350. The standard InChI is InChI=1S/C20H14F5O2S2/c1-27-20(26)13-6-11-19-17(12-13)16-4-2-3-5-18(16)28(19)14-7-9-15(10-8-14)29(21,22,23,24)25/h2-12H,1H3/q+1. The van der Waals surface area contributed by atoms with Crippen LogP contribution in [0.2, 0.25) is 0 Å². The third-order valence-electron chi connectivity index (χ3n) is 4.52. The summed E-state index contributed by atoms with van der Waals surface area (Å²) in [5.74, 6) is -0.503. The highest BCUT2D eigenvalue weighted by atomic mass is 32.5. The highest BCUT2D eigenvalue weighted by Gasteiger charge is 2.65. The van der Waals surface area contributed by atoms with Crippen molar-refractivity contribution in [3.8, 4) is 4.90 Å². The molecule has 0 saturated carbocycles. The number of carbonyl (C=O) groups excluding carboxylic acids is 1. The second kappa shape index (κ2) is 5.70. The second-order valence-corrected chi connectivity index (χ2v) is 10.8. The number of halogens is 5. The number of rotatable bonds is 3. The Morgan fingerprint density at radius 2 is 1.45 bits per heavy atom. The maximum absolute atomic E-state index is 13.0. The van der Waals surface area contributed by atoms with Gasteiger partial charge in [0.15, 0.2) is 14.3 Å². The molecule has 1 aromatic heterocycles. The lowest BCUT2D eigenvalue weighted by atomic mass is 10.1. The summed E-state index contributed by atoms with van der Waals surface area (Å²) in [6.07, 6.45) is 0. The van der Waals surface area contributed by atoms with Crippen molar-refractivity contribution in [1.29, 1.82) is 0 Å². The van der Waals surface area contributed by atoms with Crippen LogP contribution in [0.3, 0.4) is 0 Å². The lowest BCUT2D eigenvalue weighted by molar-refractivity contribution is 0.0601. The predicted molar refractivity (Wildman–Crippen MR) is 108 cm³/mol. The monoisotopic (exact) mass is 445 g/mol. The fourth-order valence-corrected chi connectivity index (χ4v) is 6.24. The zero-order chi connectivity index (χ0) is 21.1. The van der Waals surface area contributed by atoms with Crippen LogP contribution in [0.5, 0.6) is 0 Å². The number of hydrogen-bond acceptors (Lipinski definition) is 2. The van der Waals surface area contributed by atoms with Crippen molar-refractivity contribution in [1.82, 2.24) is 0 Å². The van der Waals surface area contributed by atoms with Crippen LogP contribution in [0.25, 0.3) is 25.1 Å². The molecule has 4 rings (SSSR count). The number of thiophene rings is 1. The molecule has 2 nitrogen and oxygen atoms in total. The fourth-order valence-electron chi connectivity index (χ4n) is 3.24. The van der Waals surface area contributed by atoms with Crippen molar-refractivity contribution < 1.29 is 29.0 Å². The average molecular weight is 445 g/mol. The normalized spacial score (nSPS) is 15.2. The molecule has 1 heterocycles. The van der Waals surface area contributed by atoms with Crippen molar-refractivity contribution >= 4 is 46.8 Å². The molecule has 0 radical (unpaired) electrons. The van der Waals surface area contributed by atoms with E-state index in [9.17, 15) is 24.2 Å². The molecule has 1 atom stereocenters. The quantitative estimate of drug-likeness (QED) is 0.181. The Labute approximate surface area is 165 Å². The third kappa shape index (κ3) is 3.44. The Morgan fingerprint density at radius 1 is 0.828 bits per heavy atom. The van der Waals surface area contributed by atoms with E-state index in [0.29, 0.717) is 22.6 Å². The molecule has 4 aromatic rings. The van der Waals surface area contributed by atoms with Crippen molar-refractivity contribution in [2.24, 2.45) is 0 Å². The van der Waals surface area contributed by atoms with Crippen LogP contribution in [0, 0.1) is 0 Å². The average Bonchev–Trinajstić information content (AvgIpc) is 2.99. The summed E-state index contributed by atoms with van der Waals surface area (Å²) in [5.41, 5.74) is 0.350. The molecule has 0 spiro atoms. The van der Waals surface area contributed by atoms with Gasteiger partial charge in [-0.15, -0.1) is 0 Å². The number of benzene rings is 3. The third-order valence-corrected chi connectivity index (χ3v) is 8.02. The Bertz CT molecular complexity index is 1280. The van der Waals surface area contributed by atoms with E-state index >= 15 is 0 Å². The molecular formula is C20H14F5O2S2+. The second-order valence-electron chi connectivity index (χ2n) is 6.45. The Morgan fingerprint density at radius 3 is 2.07 bits per heavy atom. The van der Waals surface area contributed by atoms with E-state index in [1.165, 1.54) is 7.11 Å². The molecule has 0 amide bonds. The summed E-state index contributed by atoms with van der Waals surface area (Å²) in [7, 11) is -9.23. The van der Waals surface area contributed by atoms with Crippen LogP contribution < -0.4 is 0 Å². The lowest BCUT2D eigenvalue weighted by Gasteiger charge is -2.40. The fraction of sp³-hybridized carbons (Fsp3) is 0.0500. The zero-order valence-electron chi connectivity index (χ0n) is 14.9. The molecule has 9 heteroatoms. The first-order chi connectivity index (χ1) is 13.4. The van der Waals surface area contributed by atoms with Gasteiger partial charge in [0.05, 0.1) is 12.7 Å². The van der Waals surface area contributed by atoms with Gasteiger partial charge in [-0.25, -0.2) is 4.79 Å². The molecule has 0 bridgehead atoms. The van der Waals surface area contributed by atoms with Crippen LogP contribution in [-0.4, -0.2) is 13.1 Å². The Kier molecular flexibility index (Phi) is 3.86. The molecule has 0 N–H and O–H groups in total. The molecule has 3 aromatic carbocycles. The molecule has 0 aliphatic carbocycles. The van der Waals surface area contributed by atoms with Gasteiger partial charge in [0.2, 0.25) is 0 Å². The highest BCUT2D eigenvalue weighted by molar-refractivity contribution is 8.45. The minimum Gasteiger partial charge on any atom is -0.465 e. The van der Waals surface area contributed by atoms with Crippen LogP contribution in [0.1, 0.15) is 10.4 Å². The molecule has 1 unspecified atom stereocenters. The number of carbonyl (C=O) groups is 1. The van der Waals surface area contributed by atoms with Gasteiger partial charge < -0.3 is 4.74 Å². The van der Waals surface area contributed by atoms with E-state index in [1.807, 2.05) is 18.2 Å². The molecule has 0 fully saturated rings. The number of methoxy groups -OCH3 is 1. The number of esters is 1. The van der Waals surface area contributed by atoms with E-state index in [2.05, 4.69) is 0 Å². The molecule has 0 aliphatic rings. The van der Waals surface area contributed by atoms with Gasteiger partial charge in [-0.2, -0.15) is 0 Å². The first-order valence-corrected chi connectivity index (χ1v) is 11.5. The van der Waals surface area contributed by atoms with Gasteiger partial charge in [-0.1, -0.05) is 31.6 Å². The first kappa shape index (κ1) is 19.7. The number of ether oxygens (including phenoxy) is 1. The van der Waals surface area contributed by atoms with E-state index in [4.69, 9.17) is 4.74 Å². The Hall–Kier alpha value is -2.65. The van der Waals surface area contributed by atoms with Gasteiger partial charge >= 0.3 is 16.2 Å². The molecule has 152 valence electrons. The topological polar surface area (TPSA) is 26.3 Å². The summed E-state index contributed by atoms with van der Waals surface area (Å²) in [6.45, 7) is 0. The largest absolute Gasteiger partial charge is 0.465 e. The van der Waals surface area contributed by atoms with Gasteiger partial charge in [-0.05, 0) is 54.6 Å². The van der Waals surface area contributed by atoms with E-state index in [-0.39, 0.29) is 0 Å². The summed E-state index contributed by atoms with van der Waals surface area (Å²) < 4.78 is 71.6. The summed E-state index contributed by atoms with van der Waals surface area (Å²) in [4.78, 5) is 10.4. The maximum atomic E-state index is 13.0. The smallest absolute Gasteiger partial charge is 0.337 e. The van der Waals surface area contributed by atoms with Crippen molar-refractivity contribution in [2.75, 3.05) is 7.11 Å². The van der Waals surface area contributed by atoms with Gasteiger partial charge in [0, 0.05) is 21.2 Å². The Balaban J connectivity index is 1.97. The lowest BCUT2D eigenvalue weighted by Crippen LogP contribution is -2.05. The van der Waals surface area contributed by atoms with Gasteiger partial charge in [0.25, 0.3) is 0 Å². The van der Waals surface area contributed by atoms with E-state index in [0.717, 1.165) is 32.3 Å². The minimum atomic E-state index is -9.72. The number of hydrogen-bond donors (Lipinski definition) is 0. The summed E-state index contributed by atoms with van der Waals surface area (Å²) >= 11 is 0. The molecular weight excluding hydrogens is 431 g/mol. The van der Waals surface area contributed by atoms with E-state index in [1.54, 1.807) is 24.3 Å². The molecule has 0 aliphatic heterocycles. The molecule has 0 saturated heterocycles. The predicted octanol–water partition coefficient (Wildman–Crippen LogP) is 8.18. The van der Waals surface area contributed by atoms with Crippen molar-refractivity contribution in [3.05, 3.63) is 72.3 Å². The van der Waals surface area contributed by atoms with Crippen LogP contribution >= 0.6 is 20.7 Å². The first-order valence-electron chi connectivity index (χ1n) is 8.29. The van der Waals surface area contributed by atoms with Crippen LogP contribution in [-0.2, 0) is 4.74 Å². The molecule has 29 heavy (non-hydrogen) atoms. The highest BCUT2D eigenvalue weighted by Crippen LogP contribution is 3.02. The van der Waals surface area contributed by atoms with Crippen LogP contribution in [0.15, 0.2) is 71.6 Å². The van der Waals surface area contributed by atoms with Crippen molar-refractivity contribution in [3.63, 3.8) is 0 Å². The van der Waals surface area contributed by atoms with Gasteiger partial charge in [0.1, 0.15) is 4.90 Å². The summed E-state index contributed by atoms with van der Waals surface area (Å²) in [5, 5.41) is 1.61.